The van der Waals surface area contributed by atoms with Crippen molar-refractivity contribution in [1.29, 1.82) is 0 Å². The highest BCUT2D eigenvalue weighted by atomic mass is 16.2. The Kier molecular flexibility index (Phi) is 4.07. The van der Waals surface area contributed by atoms with E-state index in [2.05, 4.69) is 12.2 Å². The zero-order valence-electron chi connectivity index (χ0n) is 8.58. The van der Waals surface area contributed by atoms with E-state index in [1.807, 2.05) is 0 Å². The van der Waals surface area contributed by atoms with E-state index in [0.29, 0.717) is 0 Å². The van der Waals surface area contributed by atoms with Gasteiger partial charge < -0.3 is 5.73 Å². The van der Waals surface area contributed by atoms with E-state index in [4.69, 9.17) is 5.73 Å². The Morgan fingerprint density at radius 3 is 2.71 bits per heavy atom. The van der Waals surface area contributed by atoms with E-state index in [-0.39, 0.29) is 30.2 Å². The average molecular weight is 198 g/mol. The number of carbonyl (C=O) groups is 2. The van der Waals surface area contributed by atoms with E-state index in [1.54, 1.807) is 0 Å². The smallest absolute Gasteiger partial charge is 0.231 e. The van der Waals surface area contributed by atoms with E-state index >= 15 is 0 Å². The lowest BCUT2D eigenvalue weighted by Gasteiger charge is -2.15. The molecule has 0 aliphatic carbocycles. The Hall–Kier alpha value is -0.900. The minimum absolute atomic E-state index is 0.159. The summed E-state index contributed by atoms with van der Waals surface area (Å²) in [4.78, 5) is 22.2. The van der Waals surface area contributed by atoms with Gasteiger partial charge in [0.15, 0.2) is 0 Å². The molecular weight excluding hydrogens is 180 g/mol. The summed E-state index contributed by atoms with van der Waals surface area (Å²) in [5, 5.41) is 2.28. The van der Waals surface area contributed by atoms with Crippen LogP contribution in [-0.4, -0.2) is 17.9 Å². The van der Waals surface area contributed by atoms with Crippen molar-refractivity contribution in [2.75, 3.05) is 0 Å². The lowest BCUT2D eigenvalue weighted by atomic mass is 9.94. The summed E-state index contributed by atoms with van der Waals surface area (Å²) in [6.07, 6.45) is 4.42. The van der Waals surface area contributed by atoms with Crippen LogP contribution in [0.4, 0.5) is 0 Å². The van der Waals surface area contributed by atoms with Gasteiger partial charge in [0.05, 0.1) is 5.92 Å². The highest BCUT2D eigenvalue weighted by Gasteiger charge is 2.34. The third-order valence-electron chi connectivity index (χ3n) is 2.66. The molecule has 3 N–H and O–H groups in total. The maximum Gasteiger partial charge on any atom is 0.231 e. The van der Waals surface area contributed by atoms with E-state index in [9.17, 15) is 9.59 Å². The molecule has 4 nitrogen and oxygen atoms in total. The second-order valence-electron chi connectivity index (χ2n) is 3.88. The molecule has 1 rings (SSSR count). The Labute approximate surface area is 84.2 Å². The van der Waals surface area contributed by atoms with Crippen LogP contribution in [0.3, 0.4) is 0 Å². The zero-order chi connectivity index (χ0) is 10.6. The van der Waals surface area contributed by atoms with Crippen molar-refractivity contribution in [3.8, 4) is 0 Å². The van der Waals surface area contributed by atoms with Gasteiger partial charge in [0.2, 0.25) is 11.8 Å². The molecule has 4 heteroatoms. The predicted octanol–water partition coefficient (Wildman–Crippen LogP) is 0.557. The molecule has 80 valence electrons. The van der Waals surface area contributed by atoms with Gasteiger partial charge in [-0.05, 0) is 6.42 Å². The second kappa shape index (κ2) is 5.10. The normalized spacial score (nSPS) is 23.7. The van der Waals surface area contributed by atoms with Crippen LogP contribution in [0.2, 0.25) is 0 Å². The maximum atomic E-state index is 11.2. The number of rotatable bonds is 5. The van der Waals surface area contributed by atoms with Crippen molar-refractivity contribution < 1.29 is 9.59 Å². The Morgan fingerprint density at radius 1 is 1.50 bits per heavy atom. The van der Waals surface area contributed by atoms with Crippen LogP contribution in [0.1, 0.15) is 39.0 Å². The van der Waals surface area contributed by atoms with Gasteiger partial charge in [0, 0.05) is 12.5 Å². The molecule has 1 saturated heterocycles. The fraction of sp³-hybridized carbons (Fsp3) is 0.800. The molecule has 2 unspecified atom stereocenters. The van der Waals surface area contributed by atoms with Crippen LogP contribution in [0.25, 0.3) is 0 Å². The highest BCUT2D eigenvalue weighted by molar-refractivity contribution is 6.03. The van der Waals surface area contributed by atoms with Gasteiger partial charge in [-0.2, -0.15) is 0 Å². The first-order chi connectivity index (χ1) is 6.65. The maximum absolute atomic E-state index is 11.2. The molecule has 1 aliphatic rings. The fourth-order valence-corrected chi connectivity index (χ4v) is 1.75. The molecule has 0 aromatic rings. The van der Waals surface area contributed by atoms with E-state index in [0.717, 1.165) is 25.7 Å². The van der Waals surface area contributed by atoms with Crippen molar-refractivity contribution in [1.82, 2.24) is 5.32 Å². The highest BCUT2D eigenvalue weighted by Crippen LogP contribution is 2.18. The molecule has 0 radical (unpaired) electrons. The third-order valence-corrected chi connectivity index (χ3v) is 2.66. The number of unbranched alkanes of at least 4 members (excludes halogenated alkanes) is 2. The summed E-state index contributed by atoms with van der Waals surface area (Å²) in [6, 6.07) is -0.159. The molecule has 0 spiro atoms. The van der Waals surface area contributed by atoms with Crippen molar-refractivity contribution >= 4 is 11.8 Å². The van der Waals surface area contributed by atoms with Gasteiger partial charge in [0.25, 0.3) is 0 Å². The molecule has 1 aliphatic heterocycles. The molecule has 2 atom stereocenters. The summed E-state index contributed by atoms with van der Waals surface area (Å²) in [5.41, 5.74) is 5.86. The number of nitrogens with two attached hydrogens (primary N) is 1. The second-order valence-corrected chi connectivity index (χ2v) is 3.88. The average Bonchev–Trinajstić information content (AvgIpc) is 2.45. The van der Waals surface area contributed by atoms with Crippen LogP contribution in [0, 0.1) is 5.92 Å². The Morgan fingerprint density at radius 2 is 2.21 bits per heavy atom. The van der Waals surface area contributed by atoms with Crippen molar-refractivity contribution in [3.63, 3.8) is 0 Å². The first kappa shape index (κ1) is 11.2. The third kappa shape index (κ3) is 2.80. The van der Waals surface area contributed by atoms with Crippen LogP contribution < -0.4 is 11.1 Å². The molecule has 14 heavy (non-hydrogen) atoms. The minimum Gasteiger partial charge on any atom is -0.327 e. The molecule has 1 heterocycles. The molecule has 0 aromatic carbocycles. The number of carbonyl (C=O) groups excluding carboxylic acids is 2. The lowest BCUT2D eigenvalue weighted by Crippen LogP contribution is -2.35. The number of nitrogens with one attached hydrogen (secondary N) is 1. The van der Waals surface area contributed by atoms with Gasteiger partial charge in [-0.3, -0.25) is 14.9 Å². The summed E-state index contributed by atoms with van der Waals surface area (Å²) in [6.45, 7) is 2.12. The SMILES string of the molecule is CCCCCC(N)C1CC(=O)NC1=O. The summed E-state index contributed by atoms with van der Waals surface area (Å²) in [5.74, 6) is -0.677. The fourth-order valence-electron chi connectivity index (χ4n) is 1.75. The van der Waals surface area contributed by atoms with Crippen LogP contribution >= 0.6 is 0 Å². The quantitative estimate of drug-likeness (QED) is 0.500. The van der Waals surface area contributed by atoms with E-state index in [1.165, 1.54) is 0 Å². The van der Waals surface area contributed by atoms with Crippen molar-refractivity contribution in [3.05, 3.63) is 0 Å². The molecule has 2 amide bonds. The molecule has 0 aromatic heterocycles. The first-order valence-corrected chi connectivity index (χ1v) is 5.24. The summed E-state index contributed by atoms with van der Waals surface area (Å²) >= 11 is 0. The van der Waals surface area contributed by atoms with Gasteiger partial charge in [-0.25, -0.2) is 0 Å². The van der Waals surface area contributed by atoms with Gasteiger partial charge >= 0.3 is 0 Å². The van der Waals surface area contributed by atoms with Crippen molar-refractivity contribution in [2.45, 2.75) is 45.1 Å². The number of imide groups is 1. The number of amides is 2. The number of hydrogen-bond acceptors (Lipinski definition) is 3. The Bertz CT molecular complexity index is 228. The summed E-state index contributed by atoms with van der Waals surface area (Å²) in [7, 11) is 0. The summed E-state index contributed by atoms with van der Waals surface area (Å²) < 4.78 is 0. The molecule has 0 saturated carbocycles. The van der Waals surface area contributed by atoms with Crippen LogP contribution in [0.15, 0.2) is 0 Å². The standard InChI is InChI=1S/C10H18N2O2/c1-2-3-4-5-8(11)7-6-9(13)12-10(7)14/h7-8H,2-6,11H2,1H3,(H,12,13,14). The number of hydrogen-bond donors (Lipinski definition) is 2. The van der Waals surface area contributed by atoms with Crippen molar-refractivity contribution in [2.24, 2.45) is 11.7 Å². The minimum atomic E-state index is -0.292. The molecular formula is C10H18N2O2. The van der Waals surface area contributed by atoms with Gasteiger partial charge in [-0.1, -0.05) is 26.2 Å². The largest absolute Gasteiger partial charge is 0.327 e. The lowest BCUT2D eigenvalue weighted by molar-refractivity contribution is -0.126. The predicted molar refractivity (Wildman–Crippen MR) is 53.4 cm³/mol. The van der Waals surface area contributed by atoms with Crippen LogP contribution in [0.5, 0.6) is 0 Å². The van der Waals surface area contributed by atoms with Gasteiger partial charge in [0.1, 0.15) is 0 Å². The monoisotopic (exact) mass is 198 g/mol. The van der Waals surface area contributed by atoms with Gasteiger partial charge in [-0.15, -0.1) is 0 Å². The van der Waals surface area contributed by atoms with E-state index < -0.39 is 0 Å². The molecule has 1 fully saturated rings. The Balaban J connectivity index is 2.33. The zero-order valence-corrected chi connectivity index (χ0v) is 8.58. The topological polar surface area (TPSA) is 72.2 Å². The van der Waals surface area contributed by atoms with Crippen LogP contribution in [-0.2, 0) is 9.59 Å². The first-order valence-electron chi connectivity index (χ1n) is 5.24. The molecule has 0 bridgehead atoms.